The molecule has 1 aromatic heterocycles. The maximum absolute atomic E-state index is 5.48. The largest absolute Gasteiger partial charge is 0.346 e. The van der Waals surface area contributed by atoms with Crippen LogP contribution in [-0.4, -0.2) is 16.5 Å². The Bertz CT molecular complexity index is 253. The number of aryl methyl sites for hydroxylation is 2. The van der Waals surface area contributed by atoms with Gasteiger partial charge in [0.05, 0.1) is 5.69 Å². The van der Waals surface area contributed by atoms with E-state index in [1.54, 1.807) is 0 Å². The molecule has 0 aromatic carbocycles. The van der Waals surface area contributed by atoms with E-state index in [0.29, 0.717) is 6.54 Å². The standard InChI is InChI=1S/C10H19N3/c1-3-5-9-8(4-2)12-10(13-9)6-7-11/h3-7,11H2,1-2H3,(H,12,13). The molecule has 0 bridgehead atoms. The quantitative estimate of drug-likeness (QED) is 0.722. The molecule has 3 N–H and O–H groups in total. The van der Waals surface area contributed by atoms with Gasteiger partial charge in [0.2, 0.25) is 0 Å². The van der Waals surface area contributed by atoms with Crippen molar-refractivity contribution < 1.29 is 0 Å². The average Bonchev–Trinajstić information content (AvgIpc) is 2.49. The predicted molar refractivity (Wildman–Crippen MR) is 54.7 cm³/mol. The Morgan fingerprint density at radius 3 is 2.62 bits per heavy atom. The number of nitrogens with two attached hydrogens (primary N) is 1. The Morgan fingerprint density at radius 1 is 1.31 bits per heavy atom. The molecular formula is C10H19N3. The highest BCUT2D eigenvalue weighted by molar-refractivity contribution is 5.15. The van der Waals surface area contributed by atoms with Crippen molar-refractivity contribution in [2.75, 3.05) is 6.54 Å². The first-order valence-electron chi connectivity index (χ1n) is 5.08. The van der Waals surface area contributed by atoms with Crippen LogP contribution in [0.4, 0.5) is 0 Å². The Kier molecular flexibility index (Phi) is 3.96. The Hall–Kier alpha value is -0.830. The lowest BCUT2D eigenvalue weighted by molar-refractivity contribution is 0.855. The minimum Gasteiger partial charge on any atom is -0.346 e. The van der Waals surface area contributed by atoms with Gasteiger partial charge in [-0.15, -0.1) is 0 Å². The Balaban J connectivity index is 2.77. The Morgan fingerprint density at radius 2 is 2.08 bits per heavy atom. The molecule has 0 radical (unpaired) electrons. The maximum atomic E-state index is 5.48. The molecule has 0 saturated heterocycles. The SMILES string of the molecule is CCCc1[nH]c(CCN)nc1CC. The van der Waals surface area contributed by atoms with Gasteiger partial charge in [-0.1, -0.05) is 20.3 Å². The molecule has 0 aliphatic rings. The van der Waals surface area contributed by atoms with E-state index in [1.807, 2.05) is 0 Å². The molecule has 0 amide bonds. The molecule has 13 heavy (non-hydrogen) atoms. The van der Waals surface area contributed by atoms with Crippen LogP contribution in [0.3, 0.4) is 0 Å². The van der Waals surface area contributed by atoms with Crippen molar-refractivity contribution in [1.82, 2.24) is 9.97 Å². The van der Waals surface area contributed by atoms with E-state index in [9.17, 15) is 0 Å². The number of nitrogens with zero attached hydrogens (tertiary/aromatic N) is 1. The van der Waals surface area contributed by atoms with Crippen LogP contribution in [0.25, 0.3) is 0 Å². The summed E-state index contributed by atoms with van der Waals surface area (Å²) in [6.07, 6.45) is 4.13. The van der Waals surface area contributed by atoms with Crippen molar-refractivity contribution in [3.63, 3.8) is 0 Å². The van der Waals surface area contributed by atoms with Crippen LogP contribution in [0, 0.1) is 0 Å². The lowest BCUT2D eigenvalue weighted by Gasteiger charge is -1.95. The van der Waals surface area contributed by atoms with Crippen molar-refractivity contribution in [3.05, 3.63) is 17.2 Å². The summed E-state index contributed by atoms with van der Waals surface area (Å²) in [6.45, 7) is 4.99. The van der Waals surface area contributed by atoms with Gasteiger partial charge < -0.3 is 10.7 Å². The molecule has 1 heterocycles. The molecule has 0 fully saturated rings. The molecule has 0 atom stereocenters. The molecule has 74 valence electrons. The first-order valence-corrected chi connectivity index (χ1v) is 5.08. The Labute approximate surface area is 79.8 Å². The summed E-state index contributed by atoms with van der Waals surface area (Å²) in [7, 11) is 0. The summed E-state index contributed by atoms with van der Waals surface area (Å²) >= 11 is 0. The third-order valence-electron chi connectivity index (χ3n) is 2.13. The van der Waals surface area contributed by atoms with Gasteiger partial charge in [-0.3, -0.25) is 0 Å². The summed E-state index contributed by atoms with van der Waals surface area (Å²) in [5, 5.41) is 0. The second kappa shape index (κ2) is 5.02. The molecule has 0 spiro atoms. The van der Waals surface area contributed by atoms with Gasteiger partial charge >= 0.3 is 0 Å². The number of hydrogen-bond acceptors (Lipinski definition) is 2. The summed E-state index contributed by atoms with van der Waals surface area (Å²) in [5.74, 6) is 1.04. The fourth-order valence-corrected chi connectivity index (χ4v) is 1.51. The van der Waals surface area contributed by atoms with Crippen molar-refractivity contribution in [2.45, 2.75) is 39.5 Å². The number of H-pyrrole nitrogens is 1. The summed E-state index contributed by atoms with van der Waals surface area (Å²) in [4.78, 5) is 7.84. The van der Waals surface area contributed by atoms with Gasteiger partial charge in [-0.05, 0) is 19.4 Å². The van der Waals surface area contributed by atoms with E-state index < -0.39 is 0 Å². The first-order chi connectivity index (χ1) is 6.31. The highest BCUT2D eigenvalue weighted by Crippen LogP contribution is 2.09. The van der Waals surface area contributed by atoms with E-state index in [-0.39, 0.29) is 0 Å². The van der Waals surface area contributed by atoms with Crippen LogP contribution in [0.2, 0.25) is 0 Å². The third-order valence-corrected chi connectivity index (χ3v) is 2.13. The molecule has 1 aromatic rings. The van der Waals surface area contributed by atoms with Crippen LogP contribution < -0.4 is 5.73 Å². The highest BCUT2D eigenvalue weighted by atomic mass is 14.9. The smallest absolute Gasteiger partial charge is 0.107 e. The number of nitrogens with one attached hydrogen (secondary N) is 1. The minimum atomic E-state index is 0.669. The van der Waals surface area contributed by atoms with Crippen molar-refractivity contribution >= 4 is 0 Å². The second-order valence-corrected chi connectivity index (χ2v) is 3.25. The minimum absolute atomic E-state index is 0.669. The van der Waals surface area contributed by atoms with Gasteiger partial charge in [0, 0.05) is 12.1 Å². The molecule has 0 aliphatic carbocycles. The zero-order valence-corrected chi connectivity index (χ0v) is 8.56. The van der Waals surface area contributed by atoms with E-state index in [2.05, 4.69) is 23.8 Å². The zero-order valence-electron chi connectivity index (χ0n) is 8.56. The monoisotopic (exact) mass is 181 g/mol. The lowest BCUT2D eigenvalue weighted by atomic mass is 10.2. The normalized spacial score (nSPS) is 10.7. The van der Waals surface area contributed by atoms with Gasteiger partial charge in [-0.2, -0.15) is 0 Å². The van der Waals surface area contributed by atoms with E-state index in [4.69, 9.17) is 5.73 Å². The molecular weight excluding hydrogens is 162 g/mol. The van der Waals surface area contributed by atoms with Crippen molar-refractivity contribution in [3.8, 4) is 0 Å². The predicted octanol–water partition coefficient (Wildman–Crippen LogP) is 1.43. The van der Waals surface area contributed by atoms with Gasteiger partial charge in [0.25, 0.3) is 0 Å². The van der Waals surface area contributed by atoms with Gasteiger partial charge in [-0.25, -0.2) is 4.98 Å². The summed E-state index contributed by atoms with van der Waals surface area (Å²) in [6, 6.07) is 0. The zero-order chi connectivity index (χ0) is 9.68. The summed E-state index contributed by atoms with van der Waals surface area (Å²) in [5.41, 5.74) is 7.99. The van der Waals surface area contributed by atoms with Gasteiger partial charge in [0.1, 0.15) is 5.82 Å². The molecule has 3 heteroatoms. The van der Waals surface area contributed by atoms with Crippen LogP contribution >= 0.6 is 0 Å². The van der Waals surface area contributed by atoms with Crippen LogP contribution in [0.15, 0.2) is 0 Å². The fraction of sp³-hybridized carbons (Fsp3) is 0.700. The third kappa shape index (κ3) is 2.56. The van der Waals surface area contributed by atoms with Crippen LogP contribution in [-0.2, 0) is 19.3 Å². The molecule has 3 nitrogen and oxygen atoms in total. The molecule has 0 saturated carbocycles. The number of imidazole rings is 1. The number of aromatic nitrogens is 2. The molecule has 0 aliphatic heterocycles. The summed E-state index contributed by atoms with van der Waals surface area (Å²) < 4.78 is 0. The van der Waals surface area contributed by atoms with Crippen LogP contribution in [0.1, 0.15) is 37.5 Å². The van der Waals surface area contributed by atoms with Gasteiger partial charge in [0.15, 0.2) is 0 Å². The lowest BCUT2D eigenvalue weighted by Crippen LogP contribution is -2.04. The molecule has 1 rings (SSSR count). The van der Waals surface area contributed by atoms with E-state index >= 15 is 0 Å². The topological polar surface area (TPSA) is 54.7 Å². The van der Waals surface area contributed by atoms with Crippen LogP contribution in [0.5, 0.6) is 0 Å². The average molecular weight is 181 g/mol. The number of aromatic amines is 1. The second-order valence-electron chi connectivity index (χ2n) is 3.25. The number of hydrogen-bond donors (Lipinski definition) is 2. The maximum Gasteiger partial charge on any atom is 0.107 e. The van der Waals surface area contributed by atoms with E-state index in [0.717, 1.165) is 31.5 Å². The number of rotatable bonds is 5. The fourth-order valence-electron chi connectivity index (χ4n) is 1.51. The van der Waals surface area contributed by atoms with Crippen molar-refractivity contribution in [2.24, 2.45) is 5.73 Å². The van der Waals surface area contributed by atoms with E-state index in [1.165, 1.54) is 11.4 Å². The van der Waals surface area contributed by atoms with Crippen molar-refractivity contribution in [1.29, 1.82) is 0 Å². The first kappa shape index (κ1) is 10.3. The molecule has 0 unspecified atom stereocenters. The highest BCUT2D eigenvalue weighted by Gasteiger charge is 2.06.